The van der Waals surface area contributed by atoms with E-state index in [0.717, 1.165) is 10.0 Å². The molecule has 1 N–H and O–H groups in total. The van der Waals surface area contributed by atoms with Crippen molar-refractivity contribution >= 4 is 21.8 Å². The Bertz CT molecular complexity index is 409. The molecule has 5 heteroatoms. The summed E-state index contributed by atoms with van der Waals surface area (Å²) in [5, 5.41) is 2.82. The Hall–Kier alpha value is -0.910. The van der Waals surface area contributed by atoms with Crippen molar-refractivity contribution < 1.29 is 14.3 Å². The SMILES string of the molecule is COCC(CNC(=O)c1ccc(Br)c(C)c1)OC. The molecule has 0 saturated heterocycles. The first-order valence-electron chi connectivity index (χ1n) is 5.64. The molecule has 0 heterocycles. The molecule has 100 valence electrons. The monoisotopic (exact) mass is 315 g/mol. The molecule has 0 spiro atoms. The minimum absolute atomic E-state index is 0.108. The van der Waals surface area contributed by atoms with Crippen LogP contribution in [0.15, 0.2) is 22.7 Å². The average Bonchev–Trinajstić information content (AvgIpc) is 2.37. The summed E-state index contributed by atoms with van der Waals surface area (Å²) in [6.45, 7) is 2.83. The third-order valence-electron chi connectivity index (χ3n) is 2.60. The van der Waals surface area contributed by atoms with E-state index in [1.165, 1.54) is 0 Å². The molecule has 0 aromatic heterocycles. The van der Waals surface area contributed by atoms with Crippen LogP contribution in [-0.2, 0) is 9.47 Å². The summed E-state index contributed by atoms with van der Waals surface area (Å²) in [5.74, 6) is -0.108. The first kappa shape index (κ1) is 15.1. The van der Waals surface area contributed by atoms with Crippen LogP contribution >= 0.6 is 15.9 Å². The number of carbonyl (C=O) groups excluding carboxylic acids is 1. The number of aryl methyl sites for hydroxylation is 1. The maximum absolute atomic E-state index is 11.9. The van der Waals surface area contributed by atoms with Crippen molar-refractivity contribution in [3.05, 3.63) is 33.8 Å². The number of carbonyl (C=O) groups is 1. The molecule has 1 rings (SSSR count). The summed E-state index contributed by atoms with van der Waals surface area (Å²) in [5.41, 5.74) is 1.67. The molecule has 1 unspecified atom stereocenters. The van der Waals surface area contributed by atoms with Gasteiger partial charge in [0.05, 0.1) is 12.7 Å². The van der Waals surface area contributed by atoms with Crippen LogP contribution < -0.4 is 5.32 Å². The number of benzene rings is 1. The lowest BCUT2D eigenvalue weighted by Crippen LogP contribution is -2.35. The maximum atomic E-state index is 11.9. The lowest BCUT2D eigenvalue weighted by Gasteiger charge is -2.15. The van der Waals surface area contributed by atoms with E-state index in [2.05, 4.69) is 21.2 Å². The number of amides is 1. The molecule has 4 nitrogen and oxygen atoms in total. The van der Waals surface area contributed by atoms with Gasteiger partial charge < -0.3 is 14.8 Å². The number of hydrogen-bond acceptors (Lipinski definition) is 3. The molecule has 0 radical (unpaired) electrons. The number of methoxy groups -OCH3 is 2. The van der Waals surface area contributed by atoms with Crippen LogP contribution in [0.1, 0.15) is 15.9 Å². The van der Waals surface area contributed by atoms with Gasteiger partial charge in [-0.05, 0) is 30.7 Å². The Morgan fingerprint density at radius 2 is 2.17 bits per heavy atom. The Kier molecular flexibility index (Phi) is 6.32. The zero-order chi connectivity index (χ0) is 13.5. The van der Waals surface area contributed by atoms with Gasteiger partial charge >= 0.3 is 0 Å². The molecule has 1 aromatic rings. The van der Waals surface area contributed by atoms with E-state index in [1.807, 2.05) is 19.1 Å². The summed E-state index contributed by atoms with van der Waals surface area (Å²) >= 11 is 3.40. The van der Waals surface area contributed by atoms with E-state index in [9.17, 15) is 4.79 Å². The molecule has 0 saturated carbocycles. The lowest BCUT2D eigenvalue weighted by molar-refractivity contribution is 0.0285. The van der Waals surface area contributed by atoms with Gasteiger partial charge in [0.2, 0.25) is 0 Å². The highest BCUT2D eigenvalue weighted by molar-refractivity contribution is 9.10. The second-order valence-electron chi connectivity index (χ2n) is 3.99. The molecule has 1 aromatic carbocycles. The highest BCUT2D eigenvalue weighted by atomic mass is 79.9. The summed E-state index contributed by atoms with van der Waals surface area (Å²) in [6, 6.07) is 5.50. The van der Waals surface area contributed by atoms with Crippen molar-refractivity contribution in [1.29, 1.82) is 0 Å². The van der Waals surface area contributed by atoms with Gasteiger partial charge in [0.1, 0.15) is 0 Å². The molecule has 1 amide bonds. The van der Waals surface area contributed by atoms with Gasteiger partial charge in [-0.2, -0.15) is 0 Å². The van der Waals surface area contributed by atoms with Gasteiger partial charge in [-0.1, -0.05) is 15.9 Å². The quantitative estimate of drug-likeness (QED) is 0.875. The van der Waals surface area contributed by atoms with E-state index >= 15 is 0 Å². The van der Waals surface area contributed by atoms with Crippen LogP contribution in [0.25, 0.3) is 0 Å². The van der Waals surface area contributed by atoms with E-state index in [0.29, 0.717) is 18.7 Å². The van der Waals surface area contributed by atoms with Crippen molar-refractivity contribution in [2.75, 3.05) is 27.4 Å². The number of ether oxygens (including phenoxy) is 2. The minimum Gasteiger partial charge on any atom is -0.382 e. The Balaban J connectivity index is 2.57. The van der Waals surface area contributed by atoms with Crippen molar-refractivity contribution in [1.82, 2.24) is 5.32 Å². The highest BCUT2D eigenvalue weighted by Gasteiger charge is 2.11. The van der Waals surface area contributed by atoms with Crippen LogP contribution in [0.5, 0.6) is 0 Å². The fourth-order valence-electron chi connectivity index (χ4n) is 1.49. The molecule has 1 atom stereocenters. The van der Waals surface area contributed by atoms with E-state index in [-0.39, 0.29) is 12.0 Å². The lowest BCUT2D eigenvalue weighted by atomic mass is 10.1. The van der Waals surface area contributed by atoms with Crippen molar-refractivity contribution in [2.24, 2.45) is 0 Å². The predicted molar refractivity (Wildman–Crippen MR) is 73.9 cm³/mol. The largest absolute Gasteiger partial charge is 0.382 e. The number of hydrogen-bond donors (Lipinski definition) is 1. The second-order valence-corrected chi connectivity index (χ2v) is 4.84. The van der Waals surface area contributed by atoms with Gasteiger partial charge in [0.25, 0.3) is 5.91 Å². The van der Waals surface area contributed by atoms with Crippen LogP contribution in [0, 0.1) is 6.92 Å². The maximum Gasteiger partial charge on any atom is 0.251 e. The zero-order valence-electron chi connectivity index (χ0n) is 10.8. The summed E-state index contributed by atoms with van der Waals surface area (Å²) in [4.78, 5) is 11.9. The fourth-order valence-corrected chi connectivity index (χ4v) is 1.74. The minimum atomic E-state index is -0.129. The van der Waals surface area contributed by atoms with Crippen molar-refractivity contribution in [3.8, 4) is 0 Å². The molecule has 0 aliphatic rings. The van der Waals surface area contributed by atoms with Gasteiger partial charge in [-0.3, -0.25) is 4.79 Å². The van der Waals surface area contributed by atoms with Gasteiger partial charge in [0, 0.05) is 30.8 Å². The molecule has 0 aliphatic heterocycles. The highest BCUT2D eigenvalue weighted by Crippen LogP contribution is 2.16. The fraction of sp³-hybridized carbons (Fsp3) is 0.462. The molecular formula is C13H18BrNO3. The van der Waals surface area contributed by atoms with Crippen molar-refractivity contribution in [3.63, 3.8) is 0 Å². The Morgan fingerprint density at radius 3 is 2.72 bits per heavy atom. The van der Waals surface area contributed by atoms with Crippen LogP contribution in [-0.4, -0.2) is 39.4 Å². The van der Waals surface area contributed by atoms with Gasteiger partial charge in [-0.15, -0.1) is 0 Å². The first-order valence-corrected chi connectivity index (χ1v) is 6.44. The predicted octanol–water partition coefficient (Wildman–Crippen LogP) is 2.15. The zero-order valence-corrected chi connectivity index (χ0v) is 12.4. The van der Waals surface area contributed by atoms with Crippen LogP contribution in [0.3, 0.4) is 0 Å². The molecule has 0 fully saturated rings. The smallest absolute Gasteiger partial charge is 0.251 e. The number of rotatable bonds is 6. The van der Waals surface area contributed by atoms with Gasteiger partial charge in [0.15, 0.2) is 0 Å². The van der Waals surface area contributed by atoms with Gasteiger partial charge in [-0.25, -0.2) is 0 Å². The second kappa shape index (κ2) is 7.51. The average molecular weight is 316 g/mol. The standard InChI is InChI=1S/C13H18BrNO3/c1-9-6-10(4-5-12(9)14)13(16)15-7-11(18-3)8-17-2/h4-6,11H,7-8H2,1-3H3,(H,15,16). The third kappa shape index (κ3) is 4.40. The summed E-state index contributed by atoms with van der Waals surface area (Å²) in [7, 11) is 3.20. The third-order valence-corrected chi connectivity index (χ3v) is 3.49. The number of nitrogens with one attached hydrogen (secondary N) is 1. The summed E-state index contributed by atoms with van der Waals surface area (Å²) in [6.07, 6.45) is -0.129. The van der Waals surface area contributed by atoms with Crippen molar-refractivity contribution in [2.45, 2.75) is 13.0 Å². The first-order chi connectivity index (χ1) is 8.58. The Labute approximate surface area is 116 Å². The molecule has 0 aliphatic carbocycles. The van der Waals surface area contributed by atoms with Crippen LogP contribution in [0.2, 0.25) is 0 Å². The topological polar surface area (TPSA) is 47.6 Å². The van der Waals surface area contributed by atoms with E-state index in [4.69, 9.17) is 9.47 Å². The normalized spacial score (nSPS) is 12.2. The summed E-state index contributed by atoms with van der Waals surface area (Å²) < 4.78 is 11.2. The van der Waals surface area contributed by atoms with E-state index in [1.54, 1.807) is 20.3 Å². The van der Waals surface area contributed by atoms with Crippen LogP contribution in [0.4, 0.5) is 0 Å². The Morgan fingerprint density at radius 1 is 1.44 bits per heavy atom. The van der Waals surface area contributed by atoms with E-state index < -0.39 is 0 Å². The molecule has 0 bridgehead atoms. The molecular weight excluding hydrogens is 298 g/mol. The molecule has 18 heavy (non-hydrogen) atoms. The number of halogens is 1.